The molecule has 0 aliphatic heterocycles. The van der Waals surface area contributed by atoms with Crippen LogP contribution in [0.3, 0.4) is 0 Å². The molecule has 0 amide bonds. The van der Waals surface area contributed by atoms with Gasteiger partial charge in [0.2, 0.25) is 0 Å². The molecule has 0 aromatic rings. The fourth-order valence-electron chi connectivity index (χ4n) is 0. The van der Waals surface area contributed by atoms with Gasteiger partial charge in [-0.15, -0.1) is 0 Å². The van der Waals surface area contributed by atoms with Crippen molar-refractivity contribution >= 4 is 0 Å². The molecule has 0 N–H and O–H groups in total. The molecule has 0 atom stereocenters. The van der Waals surface area contributed by atoms with Crippen molar-refractivity contribution in [3.63, 3.8) is 0 Å². The Balaban J connectivity index is -0.0000000412. The Morgan fingerprint density at radius 2 is 0.700 bits per heavy atom. The maximum Gasteiger partial charge on any atom is -0.0448 e. The Bertz CT molecular complexity index is 21.0. The van der Waals surface area contributed by atoms with Crippen molar-refractivity contribution in [2.45, 2.75) is 56.4 Å². The van der Waals surface area contributed by atoms with Gasteiger partial charge in [0.25, 0.3) is 0 Å². The van der Waals surface area contributed by atoms with E-state index in [0.717, 1.165) is 11.8 Å². The molecule has 0 heterocycles. The predicted octanol–water partition coefficient (Wildman–Crippen LogP) is 4.60. The Morgan fingerprint density at radius 3 is 0.700 bits per heavy atom. The highest BCUT2D eigenvalue weighted by molar-refractivity contribution is 4.46. The molecule has 0 aromatic carbocycles. The van der Waals surface area contributed by atoms with E-state index in [9.17, 15) is 0 Å². The fraction of sp³-hybridized carbons (Fsp3) is 1.00. The van der Waals surface area contributed by atoms with Gasteiger partial charge in [0.1, 0.15) is 0 Å². The van der Waals surface area contributed by atoms with Gasteiger partial charge in [-0.3, -0.25) is 0 Å². The lowest BCUT2D eigenvalue weighted by atomic mass is 10.0. The zero-order valence-corrected chi connectivity index (χ0v) is 7.15. The summed E-state index contributed by atoms with van der Waals surface area (Å²) >= 11 is 0. The molecule has 0 spiro atoms. The molecule has 68 valence electrons. The summed E-state index contributed by atoms with van der Waals surface area (Å²) in [6, 6.07) is 0. The largest absolute Gasteiger partial charge is 0.0776 e. The van der Waals surface area contributed by atoms with Crippen molar-refractivity contribution in [3.05, 3.63) is 0 Å². The van der Waals surface area contributed by atoms with Gasteiger partial charge in [-0.2, -0.15) is 0 Å². The van der Waals surface area contributed by atoms with Crippen LogP contribution in [0.1, 0.15) is 56.4 Å². The third-order valence-electron chi connectivity index (χ3n) is 1.33. The summed E-state index contributed by atoms with van der Waals surface area (Å²) in [5.74, 6) is 1.70. The lowest BCUT2D eigenvalue weighted by molar-refractivity contribution is 0.457. The van der Waals surface area contributed by atoms with Crippen LogP contribution >= 0.6 is 0 Å². The quantitative estimate of drug-likeness (QED) is 0.510. The topological polar surface area (TPSA) is 0 Å². The first-order valence-corrected chi connectivity index (χ1v) is 3.64. The normalized spacial score (nSPS) is 7.20. The van der Waals surface area contributed by atoms with E-state index in [0.29, 0.717) is 0 Å². The molecule has 0 fully saturated rings. The average Bonchev–Trinajstić information content (AvgIpc) is 1.72. The van der Waals surface area contributed by atoms with Crippen LogP contribution in [0.5, 0.6) is 0 Å². The molecular weight excluding hydrogens is 120 g/mol. The number of hydrogen-bond donors (Lipinski definition) is 0. The molecule has 10 heavy (non-hydrogen) atoms. The van der Waals surface area contributed by atoms with E-state index >= 15 is 0 Å². The Morgan fingerprint density at radius 1 is 0.600 bits per heavy atom. The Kier molecular flexibility index (Phi) is 36.0. The first-order chi connectivity index (χ1) is 3.64. The second kappa shape index (κ2) is 16.0. The number of hydrogen-bond acceptors (Lipinski definition) is 0. The maximum absolute atomic E-state index is 2.24. The van der Waals surface area contributed by atoms with E-state index in [-0.39, 0.29) is 14.9 Å². The van der Waals surface area contributed by atoms with Gasteiger partial charge in [0, 0.05) is 0 Å². The third-order valence-corrected chi connectivity index (χ3v) is 1.33. The highest BCUT2D eigenvalue weighted by Crippen LogP contribution is 2.05. The Labute approximate surface area is 69.0 Å². The monoisotopic (exact) mass is 148 g/mol. The average molecular weight is 148 g/mol. The summed E-state index contributed by atoms with van der Waals surface area (Å²) in [5, 5.41) is 0. The van der Waals surface area contributed by atoms with Crippen LogP contribution < -0.4 is 0 Å². The van der Waals surface area contributed by atoms with Crippen LogP contribution in [-0.2, 0) is 0 Å². The molecule has 0 bridgehead atoms. The summed E-state index contributed by atoms with van der Waals surface area (Å²) in [6.07, 6.45) is 0. The zero-order valence-electron chi connectivity index (χ0n) is 7.15. The van der Waals surface area contributed by atoms with Crippen molar-refractivity contribution in [3.8, 4) is 0 Å². The molecule has 0 heteroatoms. The minimum atomic E-state index is 0. The Hall–Kier alpha value is 0. The molecule has 0 aliphatic carbocycles. The van der Waals surface area contributed by atoms with E-state index in [2.05, 4.69) is 27.7 Å². The molecule has 0 saturated carbocycles. The summed E-state index contributed by atoms with van der Waals surface area (Å²) in [7, 11) is 0. The first-order valence-electron chi connectivity index (χ1n) is 3.64. The minimum Gasteiger partial charge on any atom is -0.0776 e. The van der Waals surface area contributed by atoms with Crippen molar-refractivity contribution in [1.29, 1.82) is 0 Å². The minimum absolute atomic E-state index is 0. The molecule has 0 aliphatic rings. The summed E-state index contributed by atoms with van der Waals surface area (Å²) < 4.78 is 0. The standard InChI is InChI=1S/C6H14.C2H6.2CH4/c1-5(2)6(3)4;1-2;;/h5-6H,1-4H3;1-2H3;2*1H4. The van der Waals surface area contributed by atoms with Gasteiger partial charge in [-0.25, -0.2) is 0 Å². The van der Waals surface area contributed by atoms with Crippen LogP contribution in [0.2, 0.25) is 0 Å². The van der Waals surface area contributed by atoms with Gasteiger partial charge in [-0.05, 0) is 11.8 Å². The van der Waals surface area contributed by atoms with Crippen LogP contribution in [0.15, 0.2) is 0 Å². The van der Waals surface area contributed by atoms with E-state index < -0.39 is 0 Å². The van der Waals surface area contributed by atoms with Crippen molar-refractivity contribution in [2.75, 3.05) is 0 Å². The SMILES string of the molecule is C.C.CC.CC(C)C(C)C. The second-order valence-electron chi connectivity index (χ2n) is 2.49. The van der Waals surface area contributed by atoms with Crippen LogP contribution in [-0.4, -0.2) is 0 Å². The summed E-state index contributed by atoms with van der Waals surface area (Å²) in [4.78, 5) is 0. The molecule has 0 nitrogen and oxygen atoms in total. The van der Waals surface area contributed by atoms with Gasteiger partial charge in [-0.1, -0.05) is 56.4 Å². The second-order valence-corrected chi connectivity index (χ2v) is 2.49. The van der Waals surface area contributed by atoms with Gasteiger partial charge < -0.3 is 0 Å². The number of rotatable bonds is 1. The smallest absolute Gasteiger partial charge is 0.0448 e. The molecule has 0 aromatic heterocycles. The van der Waals surface area contributed by atoms with E-state index in [1.807, 2.05) is 13.8 Å². The molecule has 0 radical (unpaired) electrons. The molecule has 0 unspecified atom stereocenters. The van der Waals surface area contributed by atoms with Crippen LogP contribution in [0.4, 0.5) is 0 Å². The predicted molar refractivity (Wildman–Crippen MR) is 54.5 cm³/mol. The lowest BCUT2D eigenvalue weighted by Crippen LogP contribution is -1.95. The molecule has 0 rings (SSSR count). The van der Waals surface area contributed by atoms with Crippen molar-refractivity contribution in [1.82, 2.24) is 0 Å². The van der Waals surface area contributed by atoms with E-state index in [1.54, 1.807) is 0 Å². The van der Waals surface area contributed by atoms with Crippen molar-refractivity contribution < 1.29 is 0 Å². The van der Waals surface area contributed by atoms with Crippen LogP contribution in [0, 0.1) is 11.8 Å². The zero-order chi connectivity index (χ0) is 7.15. The van der Waals surface area contributed by atoms with E-state index in [1.165, 1.54) is 0 Å². The lowest BCUT2D eigenvalue weighted by Gasteiger charge is -2.05. The fourth-order valence-corrected chi connectivity index (χ4v) is 0. The third kappa shape index (κ3) is 24.5. The highest BCUT2D eigenvalue weighted by Gasteiger charge is 1.95. The van der Waals surface area contributed by atoms with Gasteiger partial charge in [0.05, 0.1) is 0 Å². The van der Waals surface area contributed by atoms with E-state index in [4.69, 9.17) is 0 Å². The highest BCUT2D eigenvalue weighted by atomic mass is 14.0. The van der Waals surface area contributed by atoms with Crippen LogP contribution in [0.25, 0.3) is 0 Å². The van der Waals surface area contributed by atoms with Gasteiger partial charge in [0.15, 0.2) is 0 Å². The summed E-state index contributed by atoms with van der Waals surface area (Å²) in [6.45, 7) is 13.0. The summed E-state index contributed by atoms with van der Waals surface area (Å²) in [5.41, 5.74) is 0. The maximum atomic E-state index is 2.24. The molecule has 0 saturated heterocycles. The van der Waals surface area contributed by atoms with Crippen molar-refractivity contribution in [2.24, 2.45) is 11.8 Å². The first kappa shape index (κ1) is 22.5. The van der Waals surface area contributed by atoms with Gasteiger partial charge >= 0.3 is 0 Å². The molecular formula is C10H28.